The van der Waals surface area contributed by atoms with Crippen LogP contribution in [-0.4, -0.2) is 20.9 Å². The summed E-state index contributed by atoms with van der Waals surface area (Å²) in [4.78, 5) is 28.6. The molecule has 0 aromatic heterocycles. The second kappa shape index (κ2) is 6.30. The van der Waals surface area contributed by atoms with Gasteiger partial charge in [-0.15, -0.1) is 0 Å². The fourth-order valence-corrected chi connectivity index (χ4v) is 2.12. The van der Waals surface area contributed by atoms with Crippen molar-refractivity contribution in [2.75, 3.05) is 0 Å². The molecule has 0 heterocycles. The van der Waals surface area contributed by atoms with Crippen molar-refractivity contribution in [3.8, 4) is 0 Å². The lowest BCUT2D eigenvalue weighted by molar-refractivity contribution is 0.0691. The summed E-state index contributed by atoms with van der Waals surface area (Å²) in [6.07, 6.45) is 0.575. The van der Waals surface area contributed by atoms with Crippen LogP contribution in [0.4, 0.5) is 0 Å². The van der Waals surface area contributed by atoms with Crippen LogP contribution in [0.3, 0.4) is 0 Å². The van der Waals surface area contributed by atoms with E-state index in [0.29, 0.717) is 12.0 Å². The molecule has 0 saturated heterocycles. The lowest BCUT2D eigenvalue weighted by Crippen LogP contribution is -2.10. The van der Waals surface area contributed by atoms with Gasteiger partial charge in [0.05, 0.1) is 12.2 Å². The molecule has 0 radical (unpaired) electrons. The summed E-state index contributed by atoms with van der Waals surface area (Å²) in [5, 5.41) is 9.24. The van der Waals surface area contributed by atoms with Crippen molar-refractivity contribution in [2.24, 2.45) is 5.92 Å². The van der Waals surface area contributed by atoms with Crippen molar-refractivity contribution in [2.45, 2.75) is 26.9 Å². The van der Waals surface area contributed by atoms with E-state index in [1.54, 1.807) is 12.1 Å². The van der Waals surface area contributed by atoms with Gasteiger partial charge in [0.2, 0.25) is 0 Å². The first-order valence-electron chi connectivity index (χ1n) is 5.75. The number of phosphoric acid groups is 1. The van der Waals surface area contributed by atoms with Crippen LogP contribution >= 0.6 is 7.82 Å². The van der Waals surface area contributed by atoms with Crippen LogP contribution in [0.25, 0.3) is 0 Å². The molecule has 0 aliphatic carbocycles. The Bertz CT molecular complexity index is 505. The van der Waals surface area contributed by atoms with Gasteiger partial charge in [-0.25, -0.2) is 9.36 Å². The lowest BCUT2D eigenvalue weighted by atomic mass is 9.94. The topological polar surface area (TPSA) is 104 Å². The Morgan fingerprint density at radius 1 is 1.32 bits per heavy atom. The van der Waals surface area contributed by atoms with E-state index in [1.807, 2.05) is 13.8 Å². The van der Waals surface area contributed by atoms with Crippen molar-refractivity contribution in [1.82, 2.24) is 0 Å². The minimum absolute atomic E-state index is 0.0599. The minimum atomic E-state index is -4.62. The van der Waals surface area contributed by atoms with Crippen LogP contribution in [0.5, 0.6) is 0 Å². The van der Waals surface area contributed by atoms with Crippen LogP contribution in [0.2, 0.25) is 0 Å². The molecule has 7 heteroatoms. The largest absolute Gasteiger partial charge is 0.478 e. The molecule has 0 saturated carbocycles. The quantitative estimate of drug-likeness (QED) is 0.693. The Balaban J connectivity index is 3.10. The van der Waals surface area contributed by atoms with Gasteiger partial charge in [-0.1, -0.05) is 32.0 Å². The third-order valence-electron chi connectivity index (χ3n) is 2.47. The number of aromatic carboxylic acids is 1. The van der Waals surface area contributed by atoms with E-state index in [0.717, 1.165) is 0 Å². The molecule has 0 spiro atoms. The number of carboxylic acids is 1. The monoisotopic (exact) mass is 288 g/mol. The molecule has 0 amide bonds. The second-order valence-electron chi connectivity index (χ2n) is 4.62. The van der Waals surface area contributed by atoms with E-state index in [1.165, 1.54) is 6.07 Å². The molecule has 0 aliphatic heterocycles. The second-order valence-corrected chi connectivity index (χ2v) is 5.86. The molecule has 19 heavy (non-hydrogen) atoms. The van der Waals surface area contributed by atoms with Gasteiger partial charge in [0.25, 0.3) is 0 Å². The number of rotatable bonds is 6. The zero-order chi connectivity index (χ0) is 14.6. The van der Waals surface area contributed by atoms with Gasteiger partial charge in [-0.05, 0) is 23.5 Å². The number of carboxylic acid groups (broad SMARTS) is 1. The maximum absolute atomic E-state index is 11.3. The summed E-state index contributed by atoms with van der Waals surface area (Å²) in [6, 6.07) is 4.84. The average Bonchev–Trinajstić information content (AvgIpc) is 2.24. The highest BCUT2D eigenvalue weighted by Gasteiger charge is 2.20. The van der Waals surface area contributed by atoms with E-state index in [4.69, 9.17) is 9.79 Å². The zero-order valence-electron chi connectivity index (χ0n) is 10.7. The van der Waals surface area contributed by atoms with Gasteiger partial charge in [0.1, 0.15) is 0 Å². The molecule has 3 N–H and O–H groups in total. The third kappa shape index (κ3) is 5.12. The number of benzene rings is 1. The zero-order valence-corrected chi connectivity index (χ0v) is 11.6. The molecule has 0 unspecified atom stereocenters. The smallest absolute Gasteiger partial charge is 0.469 e. The maximum Gasteiger partial charge on any atom is 0.469 e. The molecule has 1 aromatic carbocycles. The van der Waals surface area contributed by atoms with Crippen molar-refractivity contribution >= 4 is 13.8 Å². The van der Waals surface area contributed by atoms with Crippen molar-refractivity contribution in [3.63, 3.8) is 0 Å². The molecule has 106 valence electrons. The highest BCUT2D eigenvalue weighted by Crippen LogP contribution is 2.37. The Kier molecular flexibility index (Phi) is 5.26. The summed E-state index contributed by atoms with van der Waals surface area (Å²) in [7, 11) is -4.62. The van der Waals surface area contributed by atoms with Crippen LogP contribution in [0.1, 0.15) is 35.3 Å². The van der Waals surface area contributed by atoms with Crippen LogP contribution in [-0.2, 0) is 22.1 Å². The summed E-state index contributed by atoms with van der Waals surface area (Å²) < 4.78 is 15.0. The van der Waals surface area contributed by atoms with Gasteiger partial charge >= 0.3 is 13.8 Å². The number of hydrogen-bond donors (Lipinski definition) is 3. The molecule has 6 nitrogen and oxygen atoms in total. The number of carbonyl (C=O) groups is 1. The minimum Gasteiger partial charge on any atom is -0.478 e. The van der Waals surface area contributed by atoms with E-state index in [2.05, 4.69) is 4.52 Å². The third-order valence-corrected chi connectivity index (χ3v) is 2.93. The summed E-state index contributed by atoms with van der Waals surface area (Å²) in [6.45, 7) is 3.49. The molecule has 0 aliphatic rings. The van der Waals surface area contributed by atoms with Crippen LogP contribution in [0.15, 0.2) is 18.2 Å². The van der Waals surface area contributed by atoms with Gasteiger partial charge in [0.15, 0.2) is 0 Å². The first kappa shape index (κ1) is 15.9. The normalized spacial score (nSPS) is 11.8. The Morgan fingerprint density at radius 3 is 2.37 bits per heavy atom. The number of hydrogen-bond acceptors (Lipinski definition) is 3. The molecular weight excluding hydrogens is 271 g/mol. The summed E-state index contributed by atoms with van der Waals surface area (Å²) >= 11 is 0. The maximum atomic E-state index is 11.3. The van der Waals surface area contributed by atoms with Gasteiger partial charge in [0, 0.05) is 0 Å². The molecular formula is C12H17O6P. The van der Waals surface area contributed by atoms with Gasteiger partial charge in [-0.2, -0.15) is 0 Å². The van der Waals surface area contributed by atoms with E-state index in [-0.39, 0.29) is 17.0 Å². The summed E-state index contributed by atoms with van der Waals surface area (Å²) in [5.74, 6) is -0.850. The SMILES string of the molecule is CC(C)Cc1cccc(COP(=O)(O)O)c1C(=O)O. The van der Waals surface area contributed by atoms with E-state index >= 15 is 0 Å². The standard InChI is InChI=1S/C12H17O6P/c1-8(2)6-9-4-3-5-10(11(9)12(13)14)7-18-19(15,16)17/h3-5,8H,6-7H2,1-2H3,(H,13,14)(H2,15,16,17). The summed E-state index contributed by atoms with van der Waals surface area (Å²) in [5.41, 5.74) is 0.952. The molecule has 0 fully saturated rings. The average molecular weight is 288 g/mol. The van der Waals surface area contributed by atoms with Crippen LogP contribution < -0.4 is 0 Å². The Morgan fingerprint density at radius 2 is 1.89 bits per heavy atom. The van der Waals surface area contributed by atoms with Crippen molar-refractivity contribution in [3.05, 3.63) is 34.9 Å². The first-order valence-corrected chi connectivity index (χ1v) is 7.28. The van der Waals surface area contributed by atoms with Crippen molar-refractivity contribution < 1.29 is 28.8 Å². The molecule has 1 aromatic rings. The van der Waals surface area contributed by atoms with Gasteiger partial charge in [-0.3, -0.25) is 4.52 Å². The molecule has 1 rings (SSSR count). The first-order chi connectivity index (χ1) is 8.70. The Hall–Kier alpha value is -1.20. The van der Waals surface area contributed by atoms with Gasteiger partial charge < -0.3 is 14.9 Å². The van der Waals surface area contributed by atoms with E-state index in [9.17, 15) is 14.5 Å². The highest BCUT2D eigenvalue weighted by atomic mass is 31.2. The fraction of sp³-hybridized carbons (Fsp3) is 0.417. The predicted octanol–water partition coefficient (Wildman–Crippen LogP) is 2.19. The highest BCUT2D eigenvalue weighted by molar-refractivity contribution is 7.46. The van der Waals surface area contributed by atoms with Crippen molar-refractivity contribution in [1.29, 1.82) is 0 Å². The number of phosphoric ester groups is 1. The Labute approximate surface area is 111 Å². The lowest BCUT2D eigenvalue weighted by Gasteiger charge is -2.13. The van der Waals surface area contributed by atoms with E-state index < -0.39 is 20.4 Å². The molecule has 0 atom stereocenters. The fourth-order valence-electron chi connectivity index (χ4n) is 1.81. The predicted molar refractivity (Wildman–Crippen MR) is 68.8 cm³/mol. The van der Waals surface area contributed by atoms with Crippen LogP contribution in [0, 0.1) is 5.92 Å². The molecule has 0 bridgehead atoms.